The summed E-state index contributed by atoms with van der Waals surface area (Å²) in [5.74, 6) is -0.354. The zero-order valence-corrected chi connectivity index (χ0v) is 16.5. The number of nitrogens with zero attached hydrogens (tertiary/aromatic N) is 2. The molecule has 0 saturated heterocycles. The highest BCUT2D eigenvalue weighted by molar-refractivity contribution is 7.91. The van der Waals surface area contributed by atoms with Gasteiger partial charge in [0.2, 0.25) is 0 Å². The summed E-state index contributed by atoms with van der Waals surface area (Å²) in [7, 11) is -3.62. The molecular formula is C16H15ClN2O3S3. The number of aliphatic hydroxyl groups is 1. The Morgan fingerprint density at radius 1 is 1.28 bits per heavy atom. The minimum atomic E-state index is -3.62. The number of aliphatic hydroxyl groups excluding tert-OH is 1. The van der Waals surface area contributed by atoms with Gasteiger partial charge in [-0.3, -0.25) is 0 Å². The SMILES string of the molecule is Cc1nc(Cc2nccs2)sc1-c1ccc(Cl)c(S(=O)(=O)CCO)c1. The van der Waals surface area contributed by atoms with Gasteiger partial charge >= 0.3 is 0 Å². The molecule has 0 bridgehead atoms. The van der Waals surface area contributed by atoms with Crippen LogP contribution >= 0.6 is 34.3 Å². The van der Waals surface area contributed by atoms with Gasteiger partial charge in [-0.05, 0) is 24.6 Å². The summed E-state index contributed by atoms with van der Waals surface area (Å²) in [6.45, 7) is 1.45. The third-order valence-electron chi connectivity index (χ3n) is 3.52. The number of rotatable bonds is 6. The van der Waals surface area contributed by atoms with Gasteiger partial charge in [0, 0.05) is 11.6 Å². The molecule has 0 fully saturated rings. The average Bonchev–Trinajstić information content (AvgIpc) is 3.18. The highest BCUT2D eigenvalue weighted by Gasteiger charge is 2.20. The molecule has 0 radical (unpaired) electrons. The summed E-state index contributed by atoms with van der Waals surface area (Å²) in [4.78, 5) is 9.78. The lowest BCUT2D eigenvalue weighted by Gasteiger charge is -2.07. The van der Waals surface area contributed by atoms with Crippen LogP contribution < -0.4 is 0 Å². The fourth-order valence-electron chi connectivity index (χ4n) is 2.38. The molecule has 0 spiro atoms. The van der Waals surface area contributed by atoms with Crippen molar-refractivity contribution in [2.75, 3.05) is 12.4 Å². The van der Waals surface area contributed by atoms with E-state index < -0.39 is 16.4 Å². The van der Waals surface area contributed by atoms with Gasteiger partial charge < -0.3 is 5.11 Å². The molecule has 2 heterocycles. The maximum absolute atomic E-state index is 12.3. The van der Waals surface area contributed by atoms with E-state index in [9.17, 15) is 8.42 Å². The molecule has 0 saturated carbocycles. The lowest BCUT2D eigenvalue weighted by Crippen LogP contribution is -2.10. The molecule has 0 aliphatic rings. The topological polar surface area (TPSA) is 80.2 Å². The zero-order chi connectivity index (χ0) is 18.0. The molecular weight excluding hydrogens is 400 g/mol. The first-order chi connectivity index (χ1) is 11.9. The van der Waals surface area contributed by atoms with Crippen LogP contribution in [-0.4, -0.2) is 35.9 Å². The maximum atomic E-state index is 12.3. The molecule has 5 nitrogen and oxygen atoms in total. The van der Waals surface area contributed by atoms with Crippen LogP contribution in [0, 0.1) is 6.92 Å². The Morgan fingerprint density at radius 3 is 2.76 bits per heavy atom. The number of hydrogen-bond acceptors (Lipinski definition) is 7. The van der Waals surface area contributed by atoms with Gasteiger partial charge in [-0.25, -0.2) is 18.4 Å². The summed E-state index contributed by atoms with van der Waals surface area (Å²) in [5, 5.41) is 13.0. The highest BCUT2D eigenvalue weighted by Crippen LogP contribution is 2.35. The van der Waals surface area contributed by atoms with E-state index in [2.05, 4.69) is 9.97 Å². The van der Waals surface area contributed by atoms with Crippen LogP contribution in [0.2, 0.25) is 5.02 Å². The molecule has 3 aromatic rings. The normalized spacial score (nSPS) is 11.8. The molecule has 0 atom stereocenters. The quantitative estimate of drug-likeness (QED) is 0.666. The number of thiazole rings is 2. The monoisotopic (exact) mass is 414 g/mol. The van der Waals surface area contributed by atoms with Crippen LogP contribution in [0.1, 0.15) is 15.7 Å². The van der Waals surface area contributed by atoms with E-state index in [1.165, 1.54) is 11.3 Å². The molecule has 1 N–H and O–H groups in total. The summed E-state index contributed by atoms with van der Waals surface area (Å²) in [6, 6.07) is 4.91. The lowest BCUT2D eigenvalue weighted by molar-refractivity contribution is 0.319. The van der Waals surface area contributed by atoms with Crippen LogP contribution in [0.15, 0.2) is 34.7 Å². The Kier molecular flexibility index (Phi) is 5.55. The molecule has 0 aliphatic heterocycles. The number of aromatic nitrogens is 2. The van der Waals surface area contributed by atoms with Crippen molar-refractivity contribution in [3.63, 3.8) is 0 Å². The standard InChI is InChI=1S/C16H15ClN2O3S3/c1-10-16(24-15(19-10)9-14-18-4-6-23-14)11-2-3-12(17)13(8-11)25(21,22)7-5-20/h2-4,6,8,20H,5,7,9H2,1H3. The number of benzene rings is 1. The molecule has 0 unspecified atom stereocenters. The third-order valence-corrected chi connectivity index (χ3v) is 7.67. The summed E-state index contributed by atoms with van der Waals surface area (Å²) in [6.07, 6.45) is 2.42. The van der Waals surface area contributed by atoms with E-state index >= 15 is 0 Å². The summed E-state index contributed by atoms with van der Waals surface area (Å²) in [5.41, 5.74) is 1.59. The Bertz CT molecular complexity index is 982. The predicted molar refractivity (Wildman–Crippen MR) is 101 cm³/mol. The van der Waals surface area contributed by atoms with E-state index in [4.69, 9.17) is 16.7 Å². The second kappa shape index (κ2) is 7.51. The Morgan fingerprint density at radius 2 is 2.08 bits per heavy atom. The van der Waals surface area contributed by atoms with Crippen molar-refractivity contribution in [1.82, 2.24) is 9.97 Å². The van der Waals surface area contributed by atoms with Crippen molar-refractivity contribution in [1.29, 1.82) is 0 Å². The van der Waals surface area contributed by atoms with Crippen molar-refractivity contribution < 1.29 is 13.5 Å². The van der Waals surface area contributed by atoms with Crippen LogP contribution in [0.5, 0.6) is 0 Å². The first-order valence-corrected chi connectivity index (χ1v) is 11.1. The Hall–Kier alpha value is -1.32. The van der Waals surface area contributed by atoms with Crippen LogP contribution in [-0.2, 0) is 16.3 Å². The molecule has 3 rings (SSSR count). The average molecular weight is 415 g/mol. The fraction of sp³-hybridized carbons (Fsp3) is 0.250. The van der Waals surface area contributed by atoms with Gasteiger partial charge in [-0.2, -0.15) is 0 Å². The molecule has 25 heavy (non-hydrogen) atoms. The molecule has 0 amide bonds. The fourth-order valence-corrected chi connectivity index (χ4v) is 5.76. The van der Waals surface area contributed by atoms with Crippen molar-refractivity contribution in [2.24, 2.45) is 0 Å². The maximum Gasteiger partial charge on any atom is 0.182 e. The lowest BCUT2D eigenvalue weighted by atomic mass is 10.1. The van der Waals surface area contributed by atoms with Crippen LogP contribution in [0.3, 0.4) is 0 Å². The van der Waals surface area contributed by atoms with Gasteiger partial charge in [-0.1, -0.05) is 17.7 Å². The van der Waals surface area contributed by atoms with Crippen molar-refractivity contribution >= 4 is 44.1 Å². The number of aryl methyl sites for hydroxylation is 1. The summed E-state index contributed by atoms with van der Waals surface area (Å²) >= 11 is 9.16. The number of halogens is 1. The predicted octanol–water partition coefficient (Wildman–Crippen LogP) is 3.59. The van der Waals surface area contributed by atoms with Crippen molar-refractivity contribution in [3.8, 4) is 10.4 Å². The van der Waals surface area contributed by atoms with Crippen LogP contribution in [0.4, 0.5) is 0 Å². The van der Waals surface area contributed by atoms with Gasteiger partial charge in [0.1, 0.15) is 5.01 Å². The molecule has 9 heteroatoms. The largest absolute Gasteiger partial charge is 0.395 e. The minimum Gasteiger partial charge on any atom is -0.395 e. The number of hydrogen-bond donors (Lipinski definition) is 1. The van der Waals surface area contributed by atoms with E-state index in [1.807, 2.05) is 12.3 Å². The van der Waals surface area contributed by atoms with E-state index in [0.717, 1.165) is 26.1 Å². The Balaban J connectivity index is 1.98. The van der Waals surface area contributed by atoms with E-state index in [1.54, 1.807) is 35.7 Å². The summed E-state index contributed by atoms with van der Waals surface area (Å²) < 4.78 is 24.5. The zero-order valence-electron chi connectivity index (χ0n) is 13.3. The molecule has 0 aliphatic carbocycles. The number of sulfone groups is 1. The first-order valence-electron chi connectivity index (χ1n) is 7.39. The second-order valence-corrected chi connectivity index (χ2v) is 9.86. The van der Waals surface area contributed by atoms with E-state index in [-0.39, 0.29) is 15.7 Å². The highest BCUT2D eigenvalue weighted by atomic mass is 35.5. The van der Waals surface area contributed by atoms with Gasteiger partial charge in [0.05, 0.1) is 44.3 Å². The first kappa shape index (κ1) is 18.5. The second-order valence-electron chi connectivity index (χ2n) is 5.31. The Labute approximate surface area is 158 Å². The van der Waals surface area contributed by atoms with Gasteiger partial charge in [0.15, 0.2) is 9.84 Å². The van der Waals surface area contributed by atoms with Gasteiger partial charge in [-0.15, -0.1) is 22.7 Å². The van der Waals surface area contributed by atoms with E-state index in [0.29, 0.717) is 6.42 Å². The minimum absolute atomic E-state index is 0.0370. The molecule has 2 aromatic heterocycles. The van der Waals surface area contributed by atoms with Gasteiger partial charge in [0.25, 0.3) is 0 Å². The van der Waals surface area contributed by atoms with Crippen molar-refractivity contribution in [3.05, 3.63) is 50.5 Å². The molecule has 1 aromatic carbocycles. The van der Waals surface area contributed by atoms with Crippen molar-refractivity contribution in [2.45, 2.75) is 18.2 Å². The molecule has 132 valence electrons. The third kappa shape index (κ3) is 4.09. The van der Waals surface area contributed by atoms with Crippen LogP contribution in [0.25, 0.3) is 10.4 Å². The smallest absolute Gasteiger partial charge is 0.182 e.